The number of hydrogen-bond donors (Lipinski definition) is 0. The Kier molecular flexibility index (Phi) is 2.97. The van der Waals surface area contributed by atoms with Gasteiger partial charge in [0.1, 0.15) is 0 Å². The number of hydrogen-bond acceptors (Lipinski definition) is 1. The fourth-order valence-electron chi connectivity index (χ4n) is 1.89. The first-order valence-electron chi connectivity index (χ1n) is 5.47. The Balaban J connectivity index is 1.98. The third-order valence-corrected chi connectivity index (χ3v) is 4.02. The van der Waals surface area contributed by atoms with E-state index in [1.54, 1.807) is 0 Å². The number of nitrogens with zero attached hydrogens (tertiary/aromatic N) is 1. The van der Waals surface area contributed by atoms with Crippen LogP contribution in [0.2, 0.25) is 0 Å². The number of anilines is 1. The minimum absolute atomic E-state index is 0.458. The monoisotopic (exact) mass is 315 g/mol. The van der Waals surface area contributed by atoms with Crippen LogP contribution in [0.25, 0.3) is 0 Å². The molecule has 1 fully saturated rings. The van der Waals surface area contributed by atoms with E-state index in [0.717, 1.165) is 5.92 Å². The molecule has 0 amide bonds. The van der Waals surface area contributed by atoms with Crippen molar-refractivity contribution in [2.45, 2.75) is 20.8 Å². The highest BCUT2D eigenvalue weighted by molar-refractivity contribution is 14.1. The van der Waals surface area contributed by atoms with Crippen LogP contribution in [0.3, 0.4) is 0 Å². The first-order valence-corrected chi connectivity index (χ1v) is 6.55. The molecular formula is C13H18IN. The second kappa shape index (κ2) is 3.96. The van der Waals surface area contributed by atoms with E-state index in [-0.39, 0.29) is 0 Å². The lowest BCUT2D eigenvalue weighted by atomic mass is 9.76. The van der Waals surface area contributed by atoms with Crippen LogP contribution in [0, 0.1) is 14.9 Å². The summed E-state index contributed by atoms with van der Waals surface area (Å²) in [6.45, 7) is 9.43. The topological polar surface area (TPSA) is 3.24 Å². The largest absolute Gasteiger partial charge is 0.371 e. The lowest BCUT2D eigenvalue weighted by molar-refractivity contribution is 0.195. The predicted octanol–water partition coefficient (Wildman–Crippen LogP) is 3.77. The van der Waals surface area contributed by atoms with Gasteiger partial charge in [0.25, 0.3) is 0 Å². The average Bonchev–Trinajstić information content (AvgIpc) is 2.03. The highest BCUT2D eigenvalue weighted by Crippen LogP contribution is 2.36. The van der Waals surface area contributed by atoms with E-state index in [2.05, 4.69) is 72.5 Å². The molecule has 0 radical (unpaired) electrons. The highest BCUT2D eigenvalue weighted by atomic mass is 127. The minimum atomic E-state index is 0.458. The van der Waals surface area contributed by atoms with Gasteiger partial charge in [0.05, 0.1) is 0 Å². The zero-order chi connectivity index (χ0) is 11.1. The van der Waals surface area contributed by atoms with Crippen molar-refractivity contribution in [2.24, 2.45) is 11.3 Å². The number of halogens is 1. The fourth-order valence-corrected chi connectivity index (χ4v) is 2.25. The van der Waals surface area contributed by atoms with Crippen molar-refractivity contribution in [2.75, 3.05) is 18.0 Å². The molecular weight excluding hydrogens is 297 g/mol. The molecule has 2 heteroatoms. The van der Waals surface area contributed by atoms with Gasteiger partial charge in [-0.25, -0.2) is 0 Å². The van der Waals surface area contributed by atoms with Crippen molar-refractivity contribution in [1.29, 1.82) is 0 Å². The normalized spacial score (nSPS) is 17.7. The van der Waals surface area contributed by atoms with Gasteiger partial charge >= 0.3 is 0 Å². The molecule has 0 saturated carbocycles. The number of rotatable bonds is 1. The van der Waals surface area contributed by atoms with Gasteiger partial charge in [-0.2, -0.15) is 0 Å². The molecule has 1 aromatic carbocycles. The first kappa shape index (κ1) is 11.2. The van der Waals surface area contributed by atoms with Crippen LogP contribution in [0.5, 0.6) is 0 Å². The summed E-state index contributed by atoms with van der Waals surface area (Å²) < 4.78 is 1.31. The molecule has 0 aliphatic carbocycles. The van der Waals surface area contributed by atoms with Gasteiger partial charge in [0.2, 0.25) is 0 Å². The van der Waals surface area contributed by atoms with Gasteiger partial charge in [-0.05, 0) is 58.2 Å². The minimum Gasteiger partial charge on any atom is -0.371 e. The Morgan fingerprint density at radius 3 is 2.13 bits per heavy atom. The first-order chi connectivity index (χ1) is 6.97. The third kappa shape index (κ3) is 2.47. The van der Waals surface area contributed by atoms with E-state index >= 15 is 0 Å². The van der Waals surface area contributed by atoms with Gasteiger partial charge in [-0.3, -0.25) is 0 Å². The molecule has 0 bridgehead atoms. The smallest absolute Gasteiger partial charge is 0.0367 e. The molecule has 1 nitrogen and oxygen atoms in total. The summed E-state index contributed by atoms with van der Waals surface area (Å²) in [5.74, 6) is 0.844. The van der Waals surface area contributed by atoms with Crippen LogP contribution in [0.1, 0.15) is 20.8 Å². The third-order valence-electron chi connectivity index (χ3n) is 3.30. The Bertz CT molecular complexity index is 331. The molecule has 1 aromatic rings. The predicted molar refractivity (Wildman–Crippen MR) is 74.3 cm³/mol. The molecule has 0 spiro atoms. The Hall–Kier alpha value is -0.250. The summed E-state index contributed by atoms with van der Waals surface area (Å²) in [5.41, 5.74) is 1.83. The lowest BCUT2D eigenvalue weighted by Gasteiger charge is -2.47. The standard InChI is InChI=1S/C13H18IN/c1-13(2,3)10-8-15(9-10)12-6-4-11(14)5-7-12/h4-7,10H,8-9H2,1-3H3. The molecule has 0 aromatic heterocycles. The van der Waals surface area contributed by atoms with Crippen molar-refractivity contribution in [1.82, 2.24) is 0 Å². The van der Waals surface area contributed by atoms with Crippen LogP contribution in [-0.4, -0.2) is 13.1 Å². The van der Waals surface area contributed by atoms with Crippen molar-refractivity contribution >= 4 is 28.3 Å². The lowest BCUT2D eigenvalue weighted by Crippen LogP contribution is -2.52. The second-order valence-corrected chi connectivity index (χ2v) is 6.69. The molecule has 1 heterocycles. The molecule has 15 heavy (non-hydrogen) atoms. The molecule has 82 valence electrons. The Morgan fingerprint density at radius 1 is 1.13 bits per heavy atom. The molecule has 2 rings (SSSR count). The van der Waals surface area contributed by atoms with Gasteiger partial charge in [-0.1, -0.05) is 20.8 Å². The van der Waals surface area contributed by atoms with Crippen LogP contribution in [0.15, 0.2) is 24.3 Å². The summed E-state index contributed by atoms with van der Waals surface area (Å²) in [7, 11) is 0. The summed E-state index contributed by atoms with van der Waals surface area (Å²) in [6, 6.07) is 8.81. The maximum atomic E-state index is 2.46. The second-order valence-electron chi connectivity index (χ2n) is 5.44. The molecule has 1 saturated heterocycles. The average molecular weight is 315 g/mol. The van der Waals surface area contributed by atoms with E-state index in [9.17, 15) is 0 Å². The van der Waals surface area contributed by atoms with Crippen molar-refractivity contribution < 1.29 is 0 Å². The quantitative estimate of drug-likeness (QED) is 0.713. The highest BCUT2D eigenvalue weighted by Gasteiger charge is 2.35. The molecule has 0 atom stereocenters. The summed E-state index contributed by atoms with van der Waals surface area (Å²) in [5, 5.41) is 0. The Morgan fingerprint density at radius 2 is 1.67 bits per heavy atom. The summed E-state index contributed by atoms with van der Waals surface area (Å²) in [6.07, 6.45) is 0. The van der Waals surface area contributed by atoms with Crippen LogP contribution < -0.4 is 4.90 Å². The zero-order valence-electron chi connectivity index (χ0n) is 9.63. The van der Waals surface area contributed by atoms with E-state index in [1.165, 1.54) is 22.3 Å². The van der Waals surface area contributed by atoms with Crippen molar-refractivity contribution in [3.63, 3.8) is 0 Å². The van der Waals surface area contributed by atoms with Gasteiger partial charge < -0.3 is 4.90 Å². The van der Waals surface area contributed by atoms with Crippen LogP contribution >= 0.6 is 22.6 Å². The molecule has 1 aliphatic rings. The van der Waals surface area contributed by atoms with Crippen LogP contribution in [0.4, 0.5) is 5.69 Å². The molecule has 1 aliphatic heterocycles. The van der Waals surface area contributed by atoms with Crippen molar-refractivity contribution in [3.05, 3.63) is 27.8 Å². The maximum Gasteiger partial charge on any atom is 0.0367 e. The van der Waals surface area contributed by atoms with Gasteiger partial charge in [0, 0.05) is 22.3 Å². The summed E-state index contributed by atoms with van der Waals surface area (Å²) >= 11 is 2.35. The number of benzene rings is 1. The molecule has 0 unspecified atom stereocenters. The Labute approximate surface area is 106 Å². The van der Waals surface area contributed by atoms with E-state index in [1.807, 2.05) is 0 Å². The summed E-state index contributed by atoms with van der Waals surface area (Å²) in [4.78, 5) is 2.46. The zero-order valence-corrected chi connectivity index (χ0v) is 11.8. The van der Waals surface area contributed by atoms with E-state index in [0.29, 0.717) is 5.41 Å². The SMILES string of the molecule is CC(C)(C)C1CN(c2ccc(I)cc2)C1. The fraction of sp³-hybridized carbons (Fsp3) is 0.538. The van der Waals surface area contributed by atoms with Gasteiger partial charge in [-0.15, -0.1) is 0 Å². The van der Waals surface area contributed by atoms with Gasteiger partial charge in [0.15, 0.2) is 0 Å². The van der Waals surface area contributed by atoms with E-state index < -0.39 is 0 Å². The van der Waals surface area contributed by atoms with Crippen molar-refractivity contribution in [3.8, 4) is 0 Å². The van der Waals surface area contributed by atoms with Crippen LogP contribution in [-0.2, 0) is 0 Å². The maximum absolute atomic E-state index is 2.46. The van der Waals surface area contributed by atoms with E-state index in [4.69, 9.17) is 0 Å². The molecule has 0 N–H and O–H groups in total.